The fraction of sp³-hybridized carbons (Fsp3) is 0.118. The smallest absolute Gasteiger partial charge is 0.337 e. The second kappa shape index (κ2) is 10.6. The second-order valence-corrected chi connectivity index (χ2v) is 10.8. The number of benzene rings is 4. The van der Waals surface area contributed by atoms with Crippen LogP contribution < -0.4 is 10.2 Å². The maximum atomic E-state index is 12.3. The van der Waals surface area contributed by atoms with Gasteiger partial charge in [0, 0.05) is 16.3 Å². The van der Waals surface area contributed by atoms with Gasteiger partial charge in [-0.25, -0.2) is 19.5 Å². The number of halogens is 1. The Hall–Kier alpha value is -5.21. The fourth-order valence-corrected chi connectivity index (χ4v) is 5.77. The molecular formula is C34H27ClN6O2. The van der Waals surface area contributed by atoms with Gasteiger partial charge in [0.15, 0.2) is 17.5 Å². The van der Waals surface area contributed by atoms with Crippen molar-refractivity contribution in [2.45, 2.75) is 19.9 Å². The Morgan fingerprint density at radius 1 is 0.907 bits per heavy atom. The second-order valence-electron chi connectivity index (χ2n) is 10.4. The predicted octanol–water partition coefficient (Wildman–Crippen LogP) is 7.72. The van der Waals surface area contributed by atoms with Crippen LogP contribution >= 0.6 is 11.6 Å². The summed E-state index contributed by atoms with van der Waals surface area (Å²) in [4.78, 5) is 24.8. The van der Waals surface area contributed by atoms with Crippen LogP contribution in [0.2, 0.25) is 5.02 Å². The van der Waals surface area contributed by atoms with Gasteiger partial charge in [-0.05, 0) is 73.5 Å². The number of hydrogen-bond acceptors (Lipinski definition) is 7. The number of rotatable bonds is 4. The van der Waals surface area contributed by atoms with Crippen molar-refractivity contribution in [1.29, 1.82) is 0 Å². The van der Waals surface area contributed by atoms with E-state index >= 15 is 0 Å². The van der Waals surface area contributed by atoms with Gasteiger partial charge in [-0.3, -0.25) is 0 Å². The monoisotopic (exact) mass is 586 g/mol. The van der Waals surface area contributed by atoms with Crippen molar-refractivity contribution in [3.63, 3.8) is 0 Å². The van der Waals surface area contributed by atoms with Gasteiger partial charge in [-0.1, -0.05) is 60.1 Å². The minimum atomic E-state index is -0.384. The molecule has 212 valence electrons. The molecule has 3 heterocycles. The van der Waals surface area contributed by atoms with Crippen molar-refractivity contribution in [1.82, 2.24) is 9.78 Å². The van der Waals surface area contributed by atoms with E-state index in [1.54, 1.807) is 12.1 Å². The van der Waals surface area contributed by atoms with Gasteiger partial charge in [0.25, 0.3) is 0 Å². The van der Waals surface area contributed by atoms with E-state index in [1.807, 2.05) is 103 Å². The number of ether oxygens (including phenoxy) is 1. The van der Waals surface area contributed by atoms with Gasteiger partial charge >= 0.3 is 5.97 Å². The number of fused-ring (bicyclic) bond motifs is 4. The number of nitrogens with one attached hydrogen (secondary N) is 1. The molecule has 7 rings (SSSR count). The molecule has 8 nitrogen and oxygen atoms in total. The van der Waals surface area contributed by atoms with Gasteiger partial charge in [0.05, 0.1) is 41.5 Å². The SMILES string of the molecule is COC(=O)c1ccc([C@@H]2c3c(C)nn(-c4ccccc4)c3N=C3C(Nc4ccc(C)c(Cl)c4)=Nc4ccccc4N32)cc1. The summed E-state index contributed by atoms with van der Waals surface area (Å²) in [5.41, 5.74) is 7.66. The average molecular weight is 587 g/mol. The van der Waals surface area contributed by atoms with E-state index in [4.69, 9.17) is 31.4 Å². The maximum Gasteiger partial charge on any atom is 0.337 e. The van der Waals surface area contributed by atoms with E-state index in [2.05, 4.69) is 10.2 Å². The largest absolute Gasteiger partial charge is 0.465 e. The molecule has 1 aromatic heterocycles. The first-order valence-electron chi connectivity index (χ1n) is 13.9. The van der Waals surface area contributed by atoms with Gasteiger partial charge in [-0.15, -0.1) is 0 Å². The third-order valence-electron chi connectivity index (χ3n) is 7.72. The van der Waals surface area contributed by atoms with Crippen LogP contribution in [0, 0.1) is 13.8 Å². The van der Waals surface area contributed by atoms with Crippen molar-refractivity contribution < 1.29 is 9.53 Å². The molecule has 0 radical (unpaired) electrons. The average Bonchev–Trinajstić information content (AvgIpc) is 3.37. The highest BCUT2D eigenvalue weighted by Gasteiger charge is 2.41. The van der Waals surface area contributed by atoms with Gasteiger partial charge in [0.2, 0.25) is 0 Å². The van der Waals surface area contributed by atoms with Crippen LogP contribution in [0.4, 0.5) is 22.9 Å². The molecule has 2 aliphatic heterocycles. The molecule has 9 heteroatoms. The molecule has 0 spiro atoms. The predicted molar refractivity (Wildman–Crippen MR) is 171 cm³/mol. The lowest BCUT2D eigenvalue weighted by Crippen LogP contribution is -2.46. The molecule has 0 unspecified atom stereocenters. The highest BCUT2D eigenvalue weighted by atomic mass is 35.5. The number of aryl methyl sites for hydroxylation is 2. The molecule has 0 amide bonds. The summed E-state index contributed by atoms with van der Waals surface area (Å²) >= 11 is 6.49. The number of anilines is 2. The first kappa shape index (κ1) is 26.7. The molecule has 0 saturated carbocycles. The van der Waals surface area contributed by atoms with Gasteiger partial charge in [-0.2, -0.15) is 5.10 Å². The Morgan fingerprint density at radius 2 is 1.65 bits per heavy atom. The number of aliphatic imine (C=N–C) groups is 2. The van der Waals surface area contributed by atoms with Crippen LogP contribution in [-0.2, 0) is 4.74 Å². The van der Waals surface area contributed by atoms with Gasteiger partial charge < -0.3 is 15.0 Å². The first-order valence-corrected chi connectivity index (χ1v) is 14.2. The quantitative estimate of drug-likeness (QED) is 0.218. The summed E-state index contributed by atoms with van der Waals surface area (Å²) in [6.07, 6.45) is 0. The number of nitrogens with zero attached hydrogens (tertiary/aromatic N) is 5. The minimum Gasteiger partial charge on any atom is -0.465 e. The van der Waals surface area contributed by atoms with Crippen LogP contribution in [-0.4, -0.2) is 34.5 Å². The Labute approximate surface area is 253 Å². The zero-order chi connectivity index (χ0) is 29.7. The number of hydrogen-bond donors (Lipinski definition) is 1. The zero-order valence-corrected chi connectivity index (χ0v) is 24.5. The molecule has 4 aromatic carbocycles. The molecule has 0 aliphatic carbocycles. The van der Waals surface area contributed by atoms with Crippen molar-refractivity contribution in [3.8, 4) is 5.69 Å². The van der Waals surface area contributed by atoms with Crippen LogP contribution in [0.5, 0.6) is 0 Å². The summed E-state index contributed by atoms with van der Waals surface area (Å²) < 4.78 is 6.83. The Bertz CT molecular complexity index is 1950. The number of esters is 1. The zero-order valence-electron chi connectivity index (χ0n) is 23.7. The molecular weight excluding hydrogens is 560 g/mol. The highest BCUT2D eigenvalue weighted by molar-refractivity contribution is 6.51. The lowest BCUT2D eigenvalue weighted by Gasteiger charge is -2.40. The van der Waals surface area contributed by atoms with E-state index in [-0.39, 0.29) is 12.0 Å². The maximum absolute atomic E-state index is 12.3. The van der Waals surface area contributed by atoms with Crippen molar-refractivity contribution in [2.24, 2.45) is 9.98 Å². The summed E-state index contributed by atoms with van der Waals surface area (Å²) in [7, 11) is 1.38. The van der Waals surface area contributed by atoms with E-state index in [1.165, 1.54) is 7.11 Å². The number of methoxy groups -OCH3 is 1. The highest BCUT2D eigenvalue weighted by Crippen LogP contribution is 2.48. The normalized spacial score (nSPS) is 15.1. The van der Waals surface area contributed by atoms with Crippen LogP contribution in [0.3, 0.4) is 0 Å². The minimum absolute atomic E-state index is 0.318. The standard InChI is InChI=1S/C34H27ClN6O2/c1-20-13-18-24(19-26(20)35)36-31-33-38-32-29(21(2)39-41(32)25-9-5-4-6-10-25)30(22-14-16-23(17-15-22)34(42)43-3)40(33)28-12-8-7-11-27(28)37-31/h4-19,30H,1-3H3,(H,36,37)/t30-/m1/s1. The van der Waals surface area contributed by atoms with Crippen LogP contribution in [0.1, 0.15) is 38.8 Å². The first-order chi connectivity index (χ1) is 20.9. The number of carbonyl (C=O) groups excluding carboxylic acids is 1. The number of aromatic nitrogens is 2. The molecule has 2 aliphatic rings. The van der Waals surface area contributed by atoms with Crippen molar-refractivity contribution in [3.05, 3.63) is 130 Å². The number of carbonyl (C=O) groups is 1. The Balaban J connectivity index is 1.47. The summed E-state index contributed by atoms with van der Waals surface area (Å²) in [5.74, 6) is 1.55. The fourth-order valence-electron chi connectivity index (χ4n) is 5.59. The van der Waals surface area contributed by atoms with E-state index < -0.39 is 0 Å². The third kappa shape index (κ3) is 4.56. The van der Waals surface area contributed by atoms with Crippen LogP contribution in [0.25, 0.3) is 5.69 Å². The topological polar surface area (TPSA) is 84.1 Å². The third-order valence-corrected chi connectivity index (χ3v) is 8.13. The molecule has 0 fully saturated rings. The van der Waals surface area contributed by atoms with Crippen molar-refractivity contribution in [2.75, 3.05) is 17.3 Å². The molecule has 0 saturated heterocycles. The summed E-state index contributed by atoms with van der Waals surface area (Å²) in [6.45, 7) is 3.98. The van der Waals surface area contributed by atoms with E-state index in [9.17, 15) is 4.79 Å². The molecule has 0 bridgehead atoms. The molecule has 1 atom stereocenters. The summed E-state index contributed by atoms with van der Waals surface area (Å²) in [6, 6.07) is 31.0. The molecule has 1 N–H and O–H groups in total. The lowest BCUT2D eigenvalue weighted by atomic mass is 9.92. The number of para-hydroxylation sites is 3. The van der Waals surface area contributed by atoms with Gasteiger partial charge in [0.1, 0.15) is 0 Å². The molecule has 43 heavy (non-hydrogen) atoms. The lowest BCUT2D eigenvalue weighted by molar-refractivity contribution is 0.0600. The van der Waals surface area contributed by atoms with E-state index in [0.717, 1.165) is 45.1 Å². The van der Waals surface area contributed by atoms with Crippen molar-refractivity contribution >= 4 is 52.1 Å². The Kier molecular flexibility index (Phi) is 6.55. The van der Waals surface area contributed by atoms with E-state index in [0.29, 0.717) is 28.1 Å². The molecule has 5 aromatic rings. The Morgan fingerprint density at radius 3 is 2.40 bits per heavy atom. The summed E-state index contributed by atoms with van der Waals surface area (Å²) in [5, 5.41) is 9.12. The number of amidine groups is 2. The van der Waals surface area contributed by atoms with Crippen LogP contribution in [0.15, 0.2) is 107 Å².